The van der Waals surface area contributed by atoms with Gasteiger partial charge in [0.05, 0.1) is 0 Å². The van der Waals surface area contributed by atoms with Gasteiger partial charge in [0.15, 0.2) is 0 Å². The summed E-state index contributed by atoms with van der Waals surface area (Å²) in [7, 11) is 0. The summed E-state index contributed by atoms with van der Waals surface area (Å²) in [6.45, 7) is 0. The SMILES string of the molecule is O=C(O)C(C1CC1)N1C(=O)CCCCC1=O. The highest BCUT2D eigenvalue weighted by Gasteiger charge is 2.45. The van der Waals surface area contributed by atoms with Gasteiger partial charge in [0, 0.05) is 12.8 Å². The zero-order chi connectivity index (χ0) is 11.7. The van der Waals surface area contributed by atoms with Crippen LogP contribution in [-0.2, 0) is 14.4 Å². The van der Waals surface area contributed by atoms with Crippen molar-refractivity contribution in [3.63, 3.8) is 0 Å². The lowest BCUT2D eigenvalue weighted by atomic mass is 10.1. The first kappa shape index (κ1) is 11.1. The molecule has 1 heterocycles. The van der Waals surface area contributed by atoms with E-state index in [-0.39, 0.29) is 17.7 Å². The van der Waals surface area contributed by atoms with E-state index in [4.69, 9.17) is 5.11 Å². The van der Waals surface area contributed by atoms with Crippen LogP contribution < -0.4 is 0 Å². The first-order valence-electron chi connectivity index (χ1n) is 5.69. The fraction of sp³-hybridized carbons (Fsp3) is 0.727. The Morgan fingerprint density at radius 3 is 2.06 bits per heavy atom. The van der Waals surface area contributed by atoms with E-state index in [0.717, 1.165) is 17.7 Å². The number of hydrogen-bond acceptors (Lipinski definition) is 3. The van der Waals surface area contributed by atoms with Gasteiger partial charge in [-0.3, -0.25) is 14.5 Å². The van der Waals surface area contributed by atoms with Gasteiger partial charge >= 0.3 is 5.97 Å². The van der Waals surface area contributed by atoms with E-state index in [9.17, 15) is 14.4 Å². The van der Waals surface area contributed by atoms with Crippen LogP contribution in [0.3, 0.4) is 0 Å². The Bertz CT molecular complexity index is 317. The van der Waals surface area contributed by atoms with Crippen LogP contribution in [0.1, 0.15) is 38.5 Å². The van der Waals surface area contributed by atoms with Crippen LogP contribution >= 0.6 is 0 Å². The van der Waals surface area contributed by atoms with E-state index in [1.54, 1.807) is 0 Å². The molecule has 5 nitrogen and oxygen atoms in total. The van der Waals surface area contributed by atoms with Crippen molar-refractivity contribution in [3.8, 4) is 0 Å². The van der Waals surface area contributed by atoms with Crippen LogP contribution in [-0.4, -0.2) is 33.8 Å². The first-order valence-corrected chi connectivity index (χ1v) is 5.69. The predicted molar refractivity (Wildman–Crippen MR) is 54.5 cm³/mol. The standard InChI is InChI=1S/C11H15NO4/c13-8-3-1-2-4-9(14)12(8)10(11(15)16)7-5-6-7/h7,10H,1-6H2,(H,15,16). The van der Waals surface area contributed by atoms with Crippen molar-refractivity contribution >= 4 is 17.8 Å². The summed E-state index contributed by atoms with van der Waals surface area (Å²) in [5.41, 5.74) is 0. The molecule has 2 rings (SSSR count). The van der Waals surface area contributed by atoms with Gasteiger partial charge in [0.2, 0.25) is 11.8 Å². The summed E-state index contributed by atoms with van der Waals surface area (Å²) in [5.74, 6) is -1.71. The number of carboxylic acid groups (broad SMARTS) is 1. The second kappa shape index (κ2) is 4.23. The maximum Gasteiger partial charge on any atom is 0.327 e. The fourth-order valence-corrected chi connectivity index (χ4v) is 2.18. The Hall–Kier alpha value is -1.39. The number of imide groups is 1. The summed E-state index contributed by atoms with van der Waals surface area (Å²) in [6.07, 6.45) is 3.54. The number of carbonyl (C=O) groups excluding carboxylic acids is 2. The third kappa shape index (κ3) is 2.08. The molecule has 2 aliphatic rings. The van der Waals surface area contributed by atoms with Gasteiger partial charge in [-0.2, -0.15) is 0 Å². The summed E-state index contributed by atoms with van der Waals surface area (Å²) >= 11 is 0. The molecule has 1 aliphatic heterocycles. The number of nitrogens with zero attached hydrogens (tertiary/aromatic N) is 1. The molecular weight excluding hydrogens is 210 g/mol. The smallest absolute Gasteiger partial charge is 0.327 e. The van der Waals surface area contributed by atoms with Gasteiger partial charge in [0.1, 0.15) is 6.04 Å². The summed E-state index contributed by atoms with van der Waals surface area (Å²) in [6, 6.07) is -0.918. The number of carboxylic acids is 1. The highest BCUT2D eigenvalue weighted by Crippen LogP contribution is 2.36. The molecule has 0 radical (unpaired) electrons. The molecule has 0 spiro atoms. The Morgan fingerprint density at radius 2 is 1.69 bits per heavy atom. The zero-order valence-corrected chi connectivity index (χ0v) is 9.02. The van der Waals surface area contributed by atoms with Gasteiger partial charge < -0.3 is 5.11 Å². The van der Waals surface area contributed by atoms with Crippen molar-refractivity contribution in [3.05, 3.63) is 0 Å². The molecule has 0 aromatic heterocycles. The molecule has 5 heteroatoms. The monoisotopic (exact) mass is 225 g/mol. The maximum absolute atomic E-state index is 11.7. The molecular formula is C11H15NO4. The minimum absolute atomic E-state index is 0.0245. The van der Waals surface area contributed by atoms with Crippen molar-refractivity contribution in [2.75, 3.05) is 0 Å². The molecule has 1 N–H and O–H groups in total. The van der Waals surface area contributed by atoms with Crippen LogP contribution in [0.25, 0.3) is 0 Å². The van der Waals surface area contributed by atoms with E-state index < -0.39 is 12.0 Å². The van der Waals surface area contributed by atoms with Gasteiger partial charge in [-0.15, -0.1) is 0 Å². The van der Waals surface area contributed by atoms with E-state index in [1.807, 2.05) is 0 Å². The fourth-order valence-electron chi connectivity index (χ4n) is 2.18. The second-order valence-corrected chi connectivity index (χ2v) is 4.49. The molecule has 2 fully saturated rings. The molecule has 1 aliphatic carbocycles. The van der Waals surface area contributed by atoms with Crippen molar-refractivity contribution < 1.29 is 19.5 Å². The molecule has 1 saturated heterocycles. The quantitative estimate of drug-likeness (QED) is 0.720. The molecule has 2 amide bonds. The minimum atomic E-state index is -1.05. The molecule has 16 heavy (non-hydrogen) atoms. The van der Waals surface area contributed by atoms with Crippen LogP contribution in [0.2, 0.25) is 0 Å². The molecule has 1 unspecified atom stereocenters. The van der Waals surface area contributed by atoms with E-state index in [2.05, 4.69) is 0 Å². The molecule has 0 aromatic rings. The van der Waals surface area contributed by atoms with Crippen molar-refractivity contribution in [1.29, 1.82) is 0 Å². The van der Waals surface area contributed by atoms with Crippen LogP contribution in [0.4, 0.5) is 0 Å². The lowest BCUT2D eigenvalue weighted by Crippen LogP contribution is -2.49. The average molecular weight is 225 g/mol. The van der Waals surface area contributed by atoms with Crippen molar-refractivity contribution in [2.24, 2.45) is 5.92 Å². The highest BCUT2D eigenvalue weighted by molar-refractivity contribution is 6.00. The normalized spacial score (nSPS) is 24.1. The minimum Gasteiger partial charge on any atom is -0.480 e. The third-order valence-corrected chi connectivity index (χ3v) is 3.17. The Kier molecular flexibility index (Phi) is 2.94. The van der Waals surface area contributed by atoms with Crippen molar-refractivity contribution in [2.45, 2.75) is 44.6 Å². The second-order valence-electron chi connectivity index (χ2n) is 4.49. The third-order valence-electron chi connectivity index (χ3n) is 3.17. The van der Waals surface area contributed by atoms with E-state index >= 15 is 0 Å². The maximum atomic E-state index is 11.7. The zero-order valence-electron chi connectivity index (χ0n) is 9.02. The van der Waals surface area contributed by atoms with Gasteiger partial charge in [-0.25, -0.2) is 4.79 Å². The molecule has 1 saturated carbocycles. The van der Waals surface area contributed by atoms with Gasteiger partial charge in [-0.05, 0) is 31.6 Å². The van der Waals surface area contributed by atoms with Crippen LogP contribution in [0.15, 0.2) is 0 Å². The van der Waals surface area contributed by atoms with E-state index in [1.165, 1.54) is 0 Å². The number of carbonyl (C=O) groups is 3. The summed E-state index contributed by atoms with van der Waals surface area (Å²) in [4.78, 5) is 35.6. The summed E-state index contributed by atoms with van der Waals surface area (Å²) in [5, 5.41) is 9.12. The van der Waals surface area contributed by atoms with Crippen LogP contribution in [0, 0.1) is 5.92 Å². The predicted octanol–water partition coefficient (Wildman–Crippen LogP) is 0.779. The lowest BCUT2D eigenvalue weighted by molar-refractivity contribution is -0.158. The average Bonchev–Trinajstić information content (AvgIpc) is 3.02. The van der Waals surface area contributed by atoms with Gasteiger partial charge in [0.25, 0.3) is 0 Å². The number of hydrogen-bond donors (Lipinski definition) is 1. The van der Waals surface area contributed by atoms with Gasteiger partial charge in [-0.1, -0.05) is 0 Å². The summed E-state index contributed by atoms with van der Waals surface area (Å²) < 4.78 is 0. The highest BCUT2D eigenvalue weighted by atomic mass is 16.4. The first-order chi connectivity index (χ1) is 7.61. The Labute approximate surface area is 93.4 Å². The van der Waals surface area contributed by atoms with Crippen molar-refractivity contribution in [1.82, 2.24) is 4.90 Å². The number of rotatable bonds is 3. The number of aliphatic carboxylic acids is 1. The van der Waals surface area contributed by atoms with E-state index in [0.29, 0.717) is 25.7 Å². The largest absolute Gasteiger partial charge is 0.480 e. The lowest BCUT2D eigenvalue weighted by Gasteiger charge is -2.25. The molecule has 1 atom stereocenters. The Balaban J connectivity index is 2.22. The number of likely N-dealkylation sites (tertiary alicyclic amines) is 1. The molecule has 0 aromatic carbocycles. The molecule has 0 bridgehead atoms. The Morgan fingerprint density at radius 1 is 1.19 bits per heavy atom. The topological polar surface area (TPSA) is 74.7 Å². The van der Waals surface area contributed by atoms with Crippen LogP contribution in [0.5, 0.6) is 0 Å². The number of amides is 2. The molecule has 88 valence electrons.